The van der Waals surface area contributed by atoms with Crippen molar-refractivity contribution < 1.29 is 13.2 Å². The highest BCUT2D eigenvalue weighted by atomic mass is 35.5. The zero-order valence-corrected chi connectivity index (χ0v) is 25.7. The normalized spacial score (nSPS) is 24.0. The van der Waals surface area contributed by atoms with Gasteiger partial charge in [0, 0.05) is 34.6 Å². The number of sulfonamides is 1. The summed E-state index contributed by atoms with van der Waals surface area (Å²) in [6.45, 7) is 3.29. The molecule has 1 aliphatic carbocycles. The number of allylic oxidation sites excluding steroid dienone is 1. The minimum atomic E-state index is -3.59. The number of piperidine rings is 1. The van der Waals surface area contributed by atoms with Gasteiger partial charge in [-0.05, 0) is 103 Å². The largest absolute Gasteiger partial charge is 0.274 e. The summed E-state index contributed by atoms with van der Waals surface area (Å²) >= 11 is 12.3. The van der Waals surface area contributed by atoms with Gasteiger partial charge in [0.1, 0.15) is 0 Å². The second-order valence-electron chi connectivity index (χ2n) is 11.5. The minimum Gasteiger partial charge on any atom is -0.267 e. The topological polar surface area (TPSA) is 70.0 Å². The summed E-state index contributed by atoms with van der Waals surface area (Å²) in [7, 11) is -3.59. The van der Waals surface area contributed by atoms with Gasteiger partial charge in [-0.1, -0.05) is 60.8 Å². The van der Waals surface area contributed by atoms with E-state index in [4.69, 9.17) is 28.3 Å². The third kappa shape index (κ3) is 5.80. The Morgan fingerprint density at radius 3 is 2.14 bits per heavy atom. The van der Waals surface area contributed by atoms with Crippen LogP contribution in [0.2, 0.25) is 10.0 Å². The number of hydrogen-bond acceptors (Lipinski definition) is 4. The highest BCUT2D eigenvalue weighted by Gasteiger charge is 2.45. The third-order valence-corrected chi connectivity index (χ3v) is 10.9. The summed E-state index contributed by atoms with van der Waals surface area (Å²) in [6.07, 6.45) is 6.67. The highest BCUT2D eigenvalue weighted by molar-refractivity contribution is 7.89. The van der Waals surface area contributed by atoms with Crippen molar-refractivity contribution in [3.63, 3.8) is 0 Å². The van der Waals surface area contributed by atoms with Crippen molar-refractivity contribution in [2.24, 2.45) is 16.9 Å². The quantitative estimate of drug-likeness (QED) is 0.291. The van der Waals surface area contributed by atoms with Crippen LogP contribution in [0.1, 0.15) is 66.6 Å². The fourth-order valence-electron chi connectivity index (χ4n) is 6.37. The minimum absolute atomic E-state index is 0.0104. The van der Waals surface area contributed by atoms with Crippen LogP contribution in [0.5, 0.6) is 0 Å². The van der Waals surface area contributed by atoms with E-state index in [1.54, 1.807) is 29.3 Å². The Hall–Kier alpha value is -2.97. The van der Waals surface area contributed by atoms with Gasteiger partial charge < -0.3 is 0 Å². The van der Waals surface area contributed by atoms with Gasteiger partial charge in [-0.25, -0.2) is 13.4 Å². The molecule has 3 aromatic carbocycles. The summed E-state index contributed by atoms with van der Waals surface area (Å²) in [5, 5.41) is 7.88. The number of fused-ring (bicyclic) bond motifs is 1. The monoisotopic (exact) mass is 621 g/mol. The van der Waals surface area contributed by atoms with Gasteiger partial charge in [-0.3, -0.25) is 4.79 Å². The van der Waals surface area contributed by atoms with E-state index >= 15 is 0 Å². The summed E-state index contributed by atoms with van der Waals surface area (Å²) in [5.74, 6) is 0.144. The van der Waals surface area contributed by atoms with Gasteiger partial charge in [-0.2, -0.15) is 9.41 Å². The lowest BCUT2D eigenvalue weighted by molar-refractivity contribution is 0.0676. The molecule has 0 aromatic heterocycles. The van der Waals surface area contributed by atoms with Crippen molar-refractivity contribution in [3.05, 3.63) is 105 Å². The first-order chi connectivity index (χ1) is 20.2. The van der Waals surface area contributed by atoms with Gasteiger partial charge >= 0.3 is 0 Å². The van der Waals surface area contributed by atoms with Crippen molar-refractivity contribution in [1.29, 1.82) is 0 Å². The molecule has 9 heteroatoms. The van der Waals surface area contributed by atoms with E-state index in [0.29, 0.717) is 34.6 Å². The lowest BCUT2D eigenvalue weighted by Crippen LogP contribution is -2.35. The molecular formula is C33H33Cl2N3O3S. The molecule has 1 saturated carbocycles. The van der Waals surface area contributed by atoms with E-state index in [9.17, 15) is 13.2 Å². The van der Waals surface area contributed by atoms with Crippen LogP contribution in [0, 0.1) is 11.8 Å². The first kappa shape index (κ1) is 29.1. The number of carbonyl (C=O) groups is 1. The first-order valence-corrected chi connectivity index (χ1v) is 16.6. The maximum absolute atomic E-state index is 14.1. The zero-order chi connectivity index (χ0) is 29.4. The predicted octanol–water partition coefficient (Wildman–Crippen LogP) is 7.85. The molecule has 3 atom stereocenters. The number of rotatable bonds is 5. The van der Waals surface area contributed by atoms with Crippen LogP contribution in [0.3, 0.4) is 0 Å². The van der Waals surface area contributed by atoms with Crippen molar-refractivity contribution >= 4 is 50.9 Å². The molecular weight excluding hydrogens is 589 g/mol. The number of amides is 1. The van der Waals surface area contributed by atoms with Gasteiger partial charge in [0.05, 0.1) is 16.6 Å². The van der Waals surface area contributed by atoms with E-state index < -0.39 is 10.0 Å². The standard InChI is InChI=1S/C33H33Cl2N3O3S/c1-22-19-26(21-23-5-11-27(34)12-6-23)31-30(20-22)32(24-7-13-28(35)14-8-24)38(36-31)33(39)25-9-15-29(16-10-25)42(40,41)37-17-3-2-4-18-37/h5-16,21-22,30,32H,2-4,17-20H2,1H3. The Morgan fingerprint density at radius 2 is 1.50 bits per heavy atom. The predicted molar refractivity (Wildman–Crippen MR) is 168 cm³/mol. The number of hydrogen-bond donors (Lipinski definition) is 0. The molecule has 2 aliphatic heterocycles. The van der Waals surface area contributed by atoms with Crippen molar-refractivity contribution in [1.82, 2.24) is 9.31 Å². The van der Waals surface area contributed by atoms with Crippen LogP contribution in [-0.2, 0) is 10.0 Å². The molecule has 0 N–H and O–H groups in total. The molecule has 6 rings (SSSR count). The Bertz CT molecular complexity index is 1630. The van der Waals surface area contributed by atoms with Gasteiger partial charge in [-0.15, -0.1) is 0 Å². The lowest BCUT2D eigenvalue weighted by Gasteiger charge is -2.32. The molecule has 6 nitrogen and oxygen atoms in total. The molecule has 1 amide bonds. The SMILES string of the molecule is CC1CC(=Cc2ccc(Cl)cc2)C2=NN(C(=O)c3ccc(S(=O)(=O)N4CCCCC4)cc3)C(c3ccc(Cl)cc3)C2C1. The Morgan fingerprint density at radius 1 is 0.881 bits per heavy atom. The maximum Gasteiger partial charge on any atom is 0.274 e. The molecule has 218 valence electrons. The fourth-order valence-corrected chi connectivity index (χ4v) is 8.14. The Balaban J connectivity index is 1.36. The van der Waals surface area contributed by atoms with Crippen molar-refractivity contribution in [2.75, 3.05) is 13.1 Å². The molecule has 0 radical (unpaired) electrons. The summed E-state index contributed by atoms with van der Waals surface area (Å²) < 4.78 is 27.9. The van der Waals surface area contributed by atoms with Crippen LogP contribution in [0.15, 0.2) is 88.4 Å². The first-order valence-electron chi connectivity index (χ1n) is 14.4. The maximum atomic E-state index is 14.1. The fraction of sp³-hybridized carbons (Fsp3) is 0.333. The molecule has 3 unspecified atom stereocenters. The smallest absolute Gasteiger partial charge is 0.267 e. The number of halogens is 2. The average Bonchev–Trinajstić information content (AvgIpc) is 3.38. The third-order valence-electron chi connectivity index (χ3n) is 8.45. The van der Waals surface area contributed by atoms with E-state index in [1.165, 1.54) is 4.31 Å². The molecule has 0 bridgehead atoms. The average molecular weight is 623 g/mol. The molecule has 2 heterocycles. The van der Waals surface area contributed by atoms with E-state index in [0.717, 1.165) is 54.5 Å². The highest BCUT2D eigenvalue weighted by Crippen LogP contribution is 2.46. The molecule has 42 heavy (non-hydrogen) atoms. The molecule has 2 fully saturated rings. The number of carbonyl (C=O) groups excluding carboxylic acids is 1. The van der Waals surface area contributed by atoms with Gasteiger partial charge in [0.25, 0.3) is 5.91 Å². The number of nitrogens with zero attached hydrogens (tertiary/aromatic N) is 3. The second kappa shape index (κ2) is 12.0. The molecule has 1 saturated heterocycles. The second-order valence-corrected chi connectivity index (χ2v) is 14.3. The van der Waals surface area contributed by atoms with Crippen LogP contribution in [0.4, 0.5) is 0 Å². The van der Waals surface area contributed by atoms with Crippen LogP contribution < -0.4 is 0 Å². The van der Waals surface area contributed by atoms with E-state index in [2.05, 4.69) is 13.0 Å². The summed E-state index contributed by atoms with van der Waals surface area (Å²) in [4.78, 5) is 14.3. The number of hydrazone groups is 1. The lowest BCUT2D eigenvalue weighted by atomic mass is 9.73. The summed E-state index contributed by atoms with van der Waals surface area (Å²) in [5.41, 5.74) is 4.41. The van der Waals surface area contributed by atoms with Crippen molar-refractivity contribution in [3.8, 4) is 0 Å². The molecule has 3 aromatic rings. The Labute approximate surface area is 257 Å². The van der Waals surface area contributed by atoms with Gasteiger partial charge in [0.15, 0.2) is 0 Å². The Kier molecular flexibility index (Phi) is 8.29. The van der Waals surface area contributed by atoms with E-state index in [1.807, 2.05) is 48.5 Å². The molecule has 3 aliphatic rings. The number of benzene rings is 3. The van der Waals surface area contributed by atoms with E-state index in [-0.39, 0.29) is 22.8 Å². The van der Waals surface area contributed by atoms with Crippen LogP contribution in [-0.4, -0.2) is 42.4 Å². The van der Waals surface area contributed by atoms with Gasteiger partial charge in [0.2, 0.25) is 10.0 Å². The molecule has 0 spiro atoms. The van der Waals surface area contributed by atoms with Crippen LogP contribution >= 0.6 is 23.2 Å². The van der Waals surface area contributed by atoms with Crippen LogP contribution in [0.25, 0.3) is 6.08 Å². The van der Waals surface area contributed by atoms with Crippen molar-refractivity contribution in [2.45, 2.75) is 50.0 Å². The zero-order valence-electron chi connectivity index (χ0n) is 23.4. The summed E-state index contributed by atoms with van der Waals surface area (Å²) in [6, 6.07) is 21.3.